The first-order valence-electron chi connectivity index (χ1n) is 21.3. The molecule has 0 atom stereocenters. The van der Waals surface area contributed by atoms with Gasteiger partial charge >= 0.3 is 37.9 Å². The van der Waals surface area contributed by atoms with Crippen LogP contribution in [0.15, 0.2) is 146 Å². The van der Waals surface area contributed by atoms with Crippen LogP contribution in [-0.2, 0) is 33.7 Å². The quantitative estimate of drug-likeness (QED) is 0.105. The molecular formula is C54H56Cl2SiZr. The van der Waals surface area contributed by atoms with Crippen molar-refractivity contribution in [1.82, 2.24) is 0 Å². The summed E-state index contributed by atoms with van der Waals surface area (Å²) in [5, 5.41) is 10.9. The van der Waals surface area contributed by atoms with Gasteiger partial charge in [0.25, 0.3) is 0 Å². The molecule has 10 rings (SSSR count). The van der Waals surface area contributed by atoms with Crippen LogP contribution in [0.4, 0.5) is 0 Å². The van der Waals surface area contributed by atoms with Crippen molar-refractivity contribution in [3.05, 3.63) is 157 Å². The monoisotopic (exact) mass is 892 g/mol. The molecule has 0 aromatic heterocycles. The molecule has 2 aliphatic carbocycles. The number of halogens is 2. The summed E-state index contributed by atoms with van der Waals surface area (Å²) in [6.07, 6.45) is 13.5. The molecule has 0 bridgehead atoms. The second kappa shape index (κ2) is 19.9. The average Bonchev–Trinajstić information content (AvgIpc) is 3.84. The van der Waals surface area contributed by atoms with Crippen LogP contribution >= 0.6 is 17.0 Å². The van der Waals surface area contributed by atoms with Gasteiger partial charge in [0.1, 0.15) is 0 Å². The van der Waals surface area contributed by atoms with Crippen LogP contribution in [0.3, 0.4) is 0 Å². The maximum atomic E-state index is 4.93. The molecule has 0 heterocycles. The predicted molar refractivity (Wildman–Crippen MR) is 255 cm³/mol. The van der Waals surface area contributed by atoms with Gasteiger partial charge in [0.2, 0.25) is 0 Å². The minimum atomic E-state index is -0.826. The average molecular weight is 895 g/mol. The Morgan fingerprint density at radius 3 is 1.17 bits per heavy atom. The fourth-order valence-corrected chi connectivity index (χ4v) is 9.72. The fourth-order valence-electron chi connectivity index (χ4n) is 9.72. The molecule has 0 amide bonds. The van der Waals surface area contributed by atoms with Crippen molar-refractivity contribution >= 4 is 69.6 Å². The van der Waals surface area contributed by atoms with Crippen molar-refractivity contribution in [1.29, 1.82) is 0 Å². The zero-order valence-corrected chi connectivity index (χ0v) is 39.7. The molecule has 58 heavy (non-hydrogen) atoms. The van der Waals surface area contributed by atoms with E-state index in [9.17, 15) is 0 Å². The van der Waals surface area contributed by atoms with E-state index in [1.54, 1.807) is 0 Å². The standard InChI is InChI=1S/2C26H25.C2H6Si.2ClH.Zr/c2*1-2-26(14-7-15-26)18-19-16-21-10-6-13-24(25(21)17-19)23-12-5-9-20-8-3-4-11-22(20)23;1-3-2;;;/h2*3-6,8-13,16-17H,2,7,14-15,18H2,1H3;1-2H3;2*1H;/q2*-1;;;;+4/p-2. The Morgan fingerprint density at radius 2 is 0.828 bits per heavy atom. The van der Waals surface area contributed by atoms with Crippen molar-refractivity contribution < 1.29 is 20.8 Å². The molecule has 8 aromatic rings. The first-order valence-corrected chi connectivity index (χ1v) is 29.6. The third-order valence-corrected chi connectivity index (χ3v) is 13.3. The Balaban J connectivity index is 0.000000156. The molecule has 0 saturated heterocycles. The molecule has 2 fully saturated rings. The fraction of sp³-hybridized carbons (Fsp3) is 0.296. The Labute approximate surface area is 368 Å². The summed E-state index contributed by atoms with van der Waals surface area (Å²) in [6.45, 7) is 9.03. The van der Waals surface area contributed by atoms with E-state index >= 15 is 0 Å². The first kappa shape index (κ1) is 42.8. The number of rotatable bonds is 8. The van der Waals surface area contributed by atoms with E-state index in [4.69, 9.17) is 17.0 Å². The molecule has 8 aromatic carbocycles. The summed E-state index contributed by atoms with van der Waals surface area (Å²) in [7, 11) is 11.0. The van der Waals surface area contributed by atoms with Gasteiger partial charge in [0, 0.05) is 9.52 Å². The van der Waals surface area contributed by atoms with Crippen molar-refractivity contribution in [2.24, 2.45) is 10.8 Å². The first-order chi connectivity index (χ1) is 28.4. The Hall–Kier alpha value is -3.26. The van der Waals surface area contributed by atoms with Crippen molar-refractivity contribution in [2.75, 3.05) is 0 Å². The zero-order valence-electron chi connectivity index (χ0n) is 34.7. The van der Waals surface area contributed by atoms with Gasteiger partial charge in [-0.05, 0) is 82.0 Å². The summed E-state index contributed by atoms with van der Waals surface area (Å²) in [6, 6.07) is 54.0. The Bertz CT molecular complexity index is 2370. The Morgan fingerprint density at radius 1 is 0.500 bits per heavy atom. The summed E-state index contributed by atoms with van der Waals surface area (Å²) < 4.78 is 0. The molecular weight excluding hydrogens is 839 g/mol. The van der Waals surface area contributed by atoms with Crippen molar-refractivity contribution in [2.45, 2.75) is 91.1 Å². The summed E-state index contributed by atoms with van der Waals surface area (Å²) in [4.78, 5) is 0. The number of fused-ring (bicyclic) bond motifs is 4. The second-order valence-corrected chi connectivity index (χ2v) is 21.5. The van der Waals surface area contributed by atoms with E-state index in [1.807, 2.05) is 0 Å². The summed E-state index contributed by atoms with van der Waals surface area (Å²) in [5.74, 6) is 0. The molecule has 2 saturated carbocycles. The van der Waals surface area contributed by atoms with E-state index in [-0.39, 0.29) is 0 Å². The van der Waals surface area contributed by atoms with Gasteiger partial charge in [-0.15, -0.1) is 69.1 Å². The van der Waals surface area contributed by atoms with Crippen LogP contribution in [0, 0.1) is 10.8 Å². The van der Waals surface area contributed by atoms with Gasteiger partial charge in [0.05, 0.1) is 0 Å². The number of hydrogen-bond donors (Lipinski definition) is 0. The molecule has 4 heteroatoms. The molecule has 0 unspecified atom stereocenters. The van der Waals surface area contributed by atoms with Crippen LogP contribution < -0.4 is 0 Å². The molecule has 0 nitrogen and oxygen atoms in total. The van der Waals surface area contributed by atoms with Crippen LogP contribution in [0.2, 0.25) is 13.1 Å². The van der Waals surface area contributed by atoms with Gasteiger partial charge in [0.15, 0.2) is 0 Å². The van der Waals surface area contributed by atoms with Gasteiger partial charge < -0.3 is 0 Å². The number of hydrogen-bond acceptors (Lipinski definition) is 0. The van der Waals surface area contributed by atoms with Crippen LogP contribution in [0.1, 0.15) is 76.3 Å². The summed E-state index contributed by atoms with van der Waals surface area (Å²) >= 11 is -0.826. The molecule has 0 N–H and O–H groups in total. The normalized spacial score (nSPS) is 14.9. The van der Waals surface area contributed by atoms with Crippen molar-refractivity contribution in [3.63, 3.8) is 0 Å². The van der Waals surface area contributed by atoms with Gasteiger partial charge in [-0.2, -0.15) is 12.1 Å². The van der Waals surface area contributed by atoms with Crippen LogP contribution in [-0.4, -0.2) is 9.52 Å². The second-order valence-electron chi connectivity index (χ2n) is 16.7. The zero-order chi connectivity index (χ0) is 40.5. The maximum absolute atomic E-state index is 4.93. The van der Waals surface area contributed by atoms with E-state index in [0.29, 0.717) is 10.8 Å². The third-order valence-electron chi connectivity index (χ3n) is 13.3. The van der Waals surface area contributed by atoms with Gasteiger partial charge in [-0.25, -0.2) is 0 Å². The molecule has 0 aliphatic heterocycles. The van der Waals surface area contributed by atoms with E-state index in [2.05, 4.69) is 173 Å². The molecule has 2 aliphatic rings. The topological polar surface area (TPSA) is 0 Å². The molecule has 294 valence electrons. The molecule has 2 radical (unpaired) electrons. The van der Waals surface area contributed by atoms with E-state index in [1.165, 1.54) is 141 Å². The minimum absolute atomic E-state index is 0.573. The van der Waals surface area contributed by atoms with Crippen LogP contribution in [0.5, 0.6) is 0 Å². The van der Waals surface area contributed by atoms with Crippen LogP contribution in [0.25, 0.3) is 65.3 Å². The van der Waals surface area contributed by atoms with E-state index < -0.39 is 20.8 Å². The van der Waals surface area contributed by atoms with Crippen molar-refractivity contribution in [3.8, 4) is 22.3 Å². The van der Waals surface area contributed by atoms with Gasteiger partial charge in [-0.1, -0.05) is 161 Å². The van der Waals surface area contributed by atoms with Gasteiger partial charge in [-0.3, -0.25) is 0 Å². The third kappa shape index (κ3) is 9.37. The molecule has 0 spiro atoms. The SMILES string of the molecule is CCC1(Cc2cc3c(-c4cccc5ccccc45)cccc3[cH-]2)CCC1.CCC1(Cc2cc3c(-c4cccc5ccccc45)cccc3[cH-]2)CCC1.C[Si]C.[Cl][Zr+2][Cl]. The van der Waals surface area contributed by atoms with E-state index in [0.717, 1.165) is 9.52 Å². The Kier molecular flexibility index (Phi) is 14.7. The predicted octanol–water partition coefficient (Wildman–Crippen LogP) is 17.2. The number of benzene rings is 6. The summed E-state index contributed by atoms with van der Waals surface area (Å²) in [5.41, 5.74) is 9.62.